The number of aromatic nitrogens is 1. The standard InChI is InChI=1S/C24H35N3O2.2C6H8O7/c1-5-26(6-2)15-17-28-21-13-9-11-19-20-12-10-14-22(24(20)25-23(19)21)29-18-16-27(7-3)8-4;2*7-3(8)1-6(13,5(11)12)2-4(9)10/h9-14,25H,5-8,15-18H2,1-4H3;2*13H,1-2H2,(H,7,8)(H,9,10)(H,11,12). The van der Waals surface area contributed by atoms with E-state index in [-0.39, 0.29) is 0 Å². The Bertz CT molecular complexity index is 1590. The number of fused-ring (bicyclic) bond motifs is 3. The lowest BCUT2D eigenvalue weighted by Gasteiger charge is -2.18. The van der Waals surface area contributed by atoms with Crippen molar-refractivity contribution < 1.29 is 79.1 Å². The number of aliphatic hydroxyl groups is 2. The Morgan fingerprint density at radius 1 is 0.545 bits per heavy atom. The smallest absolute Gasteiger partial charge is 0.336 e. The molecular weight excluding hydrogens is 730 g/mol. The van der Waals surface area contributed by atoms with E-state index in [1.807, 2.05) is 12.1 Å². The predicted molar refractivity (Wildman–Crippen MR) is 197 cm³/mol. The molecule has 2 aromatic carbocycles. The molecular formula is C36H51N3O16. The topological polar surface area (TPSA) is 305 Å². The van der Waals surface area contributed by atoms with Crippen molar-refractivity contribution in [3.8, 4) is 11.5 Å². The SMILES string of the molecule is CCN(CC)CCOc1cccc2c1[nH]c1c(OCCN(CC)CC)cccc12.O=C(O)CC(O)(CC(=O)O)C(=O)O.O=C(O)CC(O)(CC(=O)O)C(=O)O. The monoisotopic (exact) mass is 781 g/mol. The molecule has 0 aliphatic rings. The van der Waals surface area contributed by atoms with E-state index in [2.05, 4.69) is 66.7 Å². The van der Waals surface area contributed by atoms with Crippen molar-refractivity contribution in [1.29, 1.82) is 0 Å². The Hall–Kier alpha value is -5.50. The van der Waals surface area contributed by atoms with Gasteiger partial charge in [-0.1, -0.05) is 52.0 Å². The van der Waals surface area contributed by atoms with Gasteiger partial charge in [-0.15, -0.1) is 0 Å². The number of benzene rings is 2. The summed E-state index contributed by atoms with van der Waals surface area (Å²) in [6.07, 6.45) is -4.58. The van der Waals surface area contributed by atoms with E-state index in [0.717, 1.165) is 61.8 Å². The summed E-state index contributed by atoms with van der Waals surface area (Å²) in [6, 6.07) is 12.5. The molecule has 306 valence electrons. The third-order valence-electron chi connectivity index (χ3n) is 8.28. The number of likely N-dealkylation sites (N-methyl/N-ethyl adjacent to an activating group) is 2. The molecule has 0 spiro atoms. The summed E-state index contributed by atoms with van der Waals surface area (Å²) >= 11 is 0. The van der Waals surface area contributed by atoms with Crippen molar-refractivity contribution in [2.24, 2.45) is 0 Å². The molecule has 0 atom stereocenters. The number of carbonyl (C=O) groups is 6. The first-order valence-electron chi connectivity index (χ1n) is 17.3. The molecule has 0 saturated heterocycles. The second-order valence-electron chi connectivity index (χ2n) is 12.2. The molecule has 0 aliphatic carbocycles. The number of carboxylic acids is 6. The maximum atomic E-state index is 10.3. The molecule has 0 unspecified atom stereocenters. The lowest BCUT2D eigenvalue weighted by atomic mass is 9.96. The van der Waals surface area contributed by atoms with Crippen LogP contribution in [0.2, 0.25) is 0 Å². The molecule has 19 heteroatoms. The molecule has 0 fully saturated rings. The van der Waals surface area contributed by atoms with Crippen LogP contribution in [0.15, 0.2) is 36.4 Å². The van der Waals surface area contributed by atoms with Crippen molar-refractivity contribution in [1.82, 2.24) is 14.8 Å². The third-order valence-corrected chi connectivity index (χ3v) is 8.28. The highest BCUT2D eigenvalue weighted by Crippen LogP contribution is 2.35. The number of H-pyrrole nitrogens is 1. The third kappa shape index (κ3) is 15.4. The van der Waals surface area contributed by atoms with Crippen LogP contribution in [0.1, 0.15) is 53.4 Å². The Balaban J connectivity index is 0.000000485. The largest absolute Gasteiger partial charge is 0.490 e. The Kier molecular flexibility index (Phi) is 19.6. The number of aromatic amines is 1. The number of carboxylic acid groups (broad SMARTS) is 6. The first-order valence-corrected chi connectivity index (χ1v) is 17.3. The van der Waals surface area contributed by atoms with Crippen LogP contribution in [0.5, 0.6) is 11.5 Å². The first-order chi connectivity index (χ1) is 25.8. The highest BCUT2D eigenvalue weighted by atomic mass is 16.5. The van der Waals surface area contributed by atoms with Gasteiger partial charge in [0, 0.05) is 23.9 Å². The summed E-state index contributed by atoms with van der Waals surface area (Å²) in [4.78, 5) is 69.3. The minimum Gasteiger partial charge on any atom is -0.490 e. The molecule has 3 aromatic rings. The van der Waals surface area contributed by atoms with E-state index >= 15 is 0 Å². The molecule has 0 amide bonds. The Morgan fingerprint density at radius 3 is 1.07 bits per heavy atom. The summed E-state index contributed by atoms with van der Waals surface area (Å²) in [6.45, 7) is 16.2. The van der Waals surface area contributed by atoms with Crippen LogP contribution in [0, 0.1) is 0 Å². The van der Waals surface area contributed by atoms with Crippen LogP contribution in [-0.2, 0) is 28.8 Å². The molecule has 55 heavy (non-hydrogen) atoms. The van der Waals surface area contributed by atoms with Crippen LogP contribution in [0.3, 0.4) is 0 Å². The molecule has 0 saturated carbocycles. The van der Waals surface area contributed by atoms with Crippen LogP contribution in [0.4, 0.5) is 0 Å². The summed E-state index contributed by atoms with van der Waals surface area (Å²) < 4.78 is 12.3. The highest BCUT2D eigenvalue weighted by Gasteiger charge is 2.41. The van der Waals surface area contributed by atoms with Crippen LogP contribution in [0.25, 0.3) is 21.8 Å². The van der Waals surface area contributed by atoms with Crippen molar-refractivity contribution in [3.05, 3.63) is 36.4 Å². The molecule has 19 nitrogen and oxygen atoms in total. The molecule has 9 N–H and O–H groups in total. The average Bonchev–Trinajstić information content (AvgIpc) is 3.48. The van der Waals surface area contributed by atoms with Gasteiger partial charge in [-0.25, -0.2) is 9.59 Å². The lowest BCUT2D eigenvalue weighted by molar-refractivity contribution is -0.170. The fourth-order valence-electron chi connectivity index (χ4n) is 5.21. The summed E-state index contributed by atoms with van der Waals surface area (Å²) in [5.41, 5.74) is -3.39. The second-order valence-corrected chi connectivity index (χ2v) is 12.2. The summed E-state index contributed by atoms with van der Waals surface area (Å²) in [5.74, 6) is -8.23. The van der Waals surface area contributed by atoms with E-state index in [1.165, 1.54) is 10.8 Å². The minimum absolute atomic E-state index is 0.684. The van der Waals surface area contributed by atoms with Crippen LogP contribution in [-0.4, -0.2) is 155 Å². The lowest BCUT2D eigenvalue weighted by Crippen LogP contribution is -2.42. The van der Waals surface area contributed by atoms with E-state index in [9.17, 15) is 28.8 Å². The van der Waals surface area contributed by atoms with Gasteiger partial charge in [-0.3, -0.25) is 19.2 Å². The number of nitrogens with zero attached hydrogens (tertiary/aromatic N) is 2. The van der Waals surface area contributed by atoms with Crippen molar-refractivity contribution >= 4 is 57.6 Å². The highest BCUT2D eigenvalue weighted by molar-refractivity contribution is 6.11. The van der Waals surface area contributed by atoms with Crippen LogP contribution < -0.4 is 9.47 Å². The van der Waals surface area contributed by atoms with Crippen molar-refractivity contribution in [2.75, 3.05) is 52.5 Å². The fraction of sp³-hybridized carbons (Fsp3) is 0.500. The Labute approximate surface area is 316 Å². The van der Waals surface area contributed by atoms with Gasteiger partial charge in [0.05, 0.1) is 36.7 Å². The second kappa shape index (κ2) is 22.7. The molecule has 0 radical (unpaired) electrons. The van der Waals surface area contributed by atoms with Gasteiger partial charge in [-0.05, 0) is 38.3 Å². The van der Waals surface area contributed by atoms with Crippen molar-refractivity contribution in [2.45, 2.75) is 64.6 Å². The van der Waals surface area contributed by atoms with Gasteiger partial charge in [0.25, 0.3) is 0 Å². The van der Waals surface area contributed by atoms with Crippen LogP contribution >= 0.6 is 0 Å². The predicted octanol–water partition coefficient (Wildman–Crippen LogP) is 2.27. The average molecular weight is 782 g/mol. The number of para-hydroxylation sites is 2. The van der Waals surface area contributed by atoms with Gasteiger partial charge >= 0.3 is 35.8 Å². The fourth-order valence-corrected chi connectivity index (χ4v) is 5.21. The molecule has 0 aliphatic heterocycles. The van der Waals surface area contributed by atoms with Crippen molar-refractivity contribution in [3.63, 3.8) is 0 Å². The summed E-state index contributed by atoms with van der Waals surface area (Å²) in [5, 5.41) is 70.0. The maximum absolute atomic E-state index is 10.3. The Morgan fingerprint density at radius 2 is 0.836 bits per heavy atom. The zero-order valence-electron chi connectivity index (χ0n) is 31.2. The van der Waals surface area contributed by atoms with Gasteiger partial charge in [0.1, 0.15) is 24.7 Å². The van der Waals surface area contributed by atoms with E-state index in [4.69, 9.17) is 50.3 Å². The van der Waals surface area contributed by atoms with E-state index in [0.29, 0.717) is 13.2 Å². The normalized spacial score (nSPS) is 11.3. The molecule has 3 rings (SSSR count). The number of ether oxygens (including phenoxy) is 2. The van der Waals surface area contributed by atoms with Gasteiger partial charge < -0.3 is 65.1 Å². The zero-order valence-corrected chi connectivity index (χ0v) is 31.2. The van der Waals surface area contributed by atoms with E-state index < -0.39 is 72.7 Å². The molecule has 1 heterocycles. The quantitative estimate of drug-likeness (QED) is 0.0706. The maximum Gasteiger partial charge on any atom is 0.336 e. The molecule has 0 bridgehead atoms. The van der Waals surface area contributed by atoms with Gasteiger partial charge in [0.2, 0.25) is 0 Å². The number of hydrogen-bond donors (Lipinski definition) is 9. The number of hydrogen-bond acceptors (Lipinski definition) is 12. The number of nitrogens with one attached hydrogen (secondary N) is 1. The van der Waals surface area contributed by atoms with Gasteiger partial charge in [-0.2, -0.15) is 0 Å². The zero-order chi connectivity index (χ0) is 41.9. The summed E-state index contributed by atoms with van der Waals surface area (Å²) in [7, 11) is 0. The van der Waals surface area contributed by atoms with E-state index in [1.54, 1.807) is 0 Å². The van der Waals surface area contributed by atoms with Gasteiger partial charge in [0.15, 0.2) is 11.2 Å². The minimum atomic E-state index is -2.74. The molecule has 1 aromatic heterocycles. The number of rotatable bonds is 22. The number of aliphatic carboxylic acids is 6. The first kappa shape index (κ1) is 47.5.